The molecule has 0 spiro atoms. The van der Waals surface area contributed by atoms with Crippen molar-refractivity contribution < 1.29 is 0 Å². The monoisotopic (exact) mass is 358 g/mol. The highest BCUT2D eigenvalue weighted by molar-refractivity contribution is 9.10. The second-order valence-corrected chi connectivity index (χ2v) is 5.81. The van der Waals surface area contributed by atoms with Crippen LogP contribution in [0.4, 0.5) is 5.69 Å². The summed E-state index contributed by atoms with van der Waals surface area (Å²) in [5.41, 5.74) is 2.85. The third kappa shape index (κ3) is 3.26. The fourth-order valence-electron chi connectivity index (χ4n) is 2.03. The molecule has 0 saturated carbocycles. The van der Waals surface area contributed by atoms with Crippen LogP contribution in [0.15, 0.2) is 76.3 Å². The van der Waals surface area contributed by atoms with Gasteiger partial charge in [0.2, 0.25) is 0 Å². The van der Waals surface area contributed by atoms with Crippen LogP contribution in [-0.2, 0) is 0 Å². The minimum Gasteiger partial charge on any atom is -0.316 e. The van der Waals surface area contributed by atoms with Gasteiger partial charge in [0.15, 0.2) is 0 Å². The maximum Gasteiger partial charge on any atom is 0.0816 e. The van der Waals surface area contributed by atoms with E-state index in [2.05, 4.69) is 37.6 Å². The van der Waals surface area contributed by atoms with Crippen molar-refractivity contribution in [2.45, 2.75) is 0 Å². The van der Waals surface area contributed by atoms with Crippen molar-refractivity contribution in [1.29, 1.82) is 0 Å². The molecular formula is C17H12BrClN2. The molecule has 4 heteroatoms. The zero-order valence-corrected chi connectivity index (χ0v) is 13.4. The van der Waals surface area contributed by atoms with Gasteiger partial charge in [0, 0.05) is 16.4 Å². The molecule has 1 heterocycles. The topological polar surface area (TPSA) is 17.3 Å². The van der Waals surface area contributed by atoms with E-state index in [0.29, 0.717) is 5.02 Å². The molecule has 0 N–H and O–H groups in total. The second-order valence-electron chi connectivity index (χ2n) is 4.49. The number of hydrogen-bond acceptors (Lipinski definition) is 1. The minimum absolute atomic E-state index is 0.649. The number of benzene rings is 2. The first-order chi connectivity index (χ1) is 10.2. The lowest BCUT2D eigenvalue weighted by atomic mass is 10.3. The first-order valence-corrected chi connectivity index (χ1v) is 7.63. The Bertz CT molecular complexity index is 775. The standard InChI is InChI=1S/C17H12BrClN2/c18-13-7-9-14(10-8-13)21-11-3-4-15(21)12-20-17-6-2-1-5-16(17)19/h1-12H. The molecule has 0 saturated heterocycles. The van der Waals surface area contributed by atoms with E-state index in [1.807, 2.05) is 60.9 Å². The summed E-state index contributed by atoms with van der Waals surface area (Å²) in [4.78, 5) is 4.46. The van der Waals surface area contributed by atoms with E-state index in [0.717, 1.165) is 21.5 Å². The molecule has 0 aliphatic rings. The quantitative estimate of drug-likeness (QED) is 0.538. The van der Waals surface area contributed by atoms with E-state index in [4.69, 9.17) is 11.6 Å². The SMILES string of the molecule is Clc1ccccc1N=Cc1cccn1-c1ccc(Br)cc1. The lowest BCUT2D eigenvalue weighted by Gasteiger charge is -2.06. The number of aromatic nitrogens is 1. The Hall–Kier alpha value is -1.84. The van der Waals surface area contributed by atoms with Gasteiger partial charge in [0.05, 0.1) is 22.6 Å². The summed E-state index contributed by atoms with van der Waals surface area (Å²) >= 11 is 9.56. The molecule has 0 atom stereocenters. The van der Waals surface area contributed by atoms with Gasteiger partial charge in [-0.3, -0.25) is 4.99 Å². The van der Waals surface area contributed by atoms with Crippen LogP contribution in [0.3, 0.4) is 0 Å². The summed E-state index contributed by atoms with van der Waals surface area (Å²) in [5, 5.41) is 0.649. The van der Waals surface area contributed by atoms with Crippen LogP contribution >= 0.6 is 27.5 Å². The van der Waals surface area contributed by atoms with Gasteiger partial charge in [-0.05, 0) is 48.5 Å². The Morgan fingerprint density at radius 3 is 2.48 bits per heavy atom. The summed E-state index contributed by atoms with van der Waals surface area (Å²) < 4.78 is 3.14. The predicted molar refractivity (Wildman–Crippen MR) is 92.2 cm³/mol. The predicted octanol–water partition coefficient (Wildman–Crippen LogP) is 5.64. The first-order valence-electron chi connectivity index (χ1n) is 6.46. The zero-order valence-electron chi connectivity index (χ0n) is 11.1. The molecule has 0 aliphatic carbocycles. The number of para-hydroxylation sites is 1. The second kappa shape index (κ2) is 6.29. The van der Waals surface area contributed by atoms with Gasteiger partial charge in [0.25, 0.3) is 0 Å². The number of hydrogen-bond donors (Lipinski definition) is 0. The molecule has 0 bridgehead atoms. The van der Waals surface area contributed by atoms with Gasteiger partial charge >= 0.3 is 0 Å². The number of rotatable bonds is 3. The van der Waals surface area contributed by atoms with E-state index in [9.17, 15) is 0 Å². The van der Waals surface area contributed by atoms with Gasteiger partial charge in [-0.2, -0.15) is 0 Å². The Labute approximate surface area is 136 Å². The molecule has 3 aromatic rings. The largest absolute Gasteiger partial charge is 0.316 e. The van der Waals surface area contributed by atoms with Crippen LogP contribution in [0.2, 0.25) is 5.02 Å². The van der Waals surface area contributed by atoms with E-state index in [-0.39, 0.29) is 0 Å². The van der Waals surface area contributed by atoms with Crippen molar-refractivity contribution in [2.75, 3.05) is 0 Å². The van der Waals surface area contributed by atoms with Crippen molar-refractivity contribution in [2.24, 2.45) is 4.99 Å². The molecule has 104 valence electrons. The highest BCUT2D eigenvalue weighted by Crippen LogP contribution is 2.24. The molecule has 3 rings (SSSR count). The maximum atomic E-state index is 6.11. The minimum atomic E-state index is 0.649. The fourth-order valence-corrected chi connectivity index (χ4v) is 2.48. The smallest absolute Gasteiger partial charge is 0.0816 e. The lowest BCUT2D eigenvalue weighted by molar-refractivity contribution is 1.07. The van der Waals surface area contributed by atoms with Crippen LogP contribution in [0.25, 0.3) is 5.69 Å². The molecule has 0 aliphatic heterocycles. The van der Waals surface area contributed by atoms with E-state index in [1.165, 1.54) is 0 Å². The fraction of sp³-hybridized carbons (Fsp3) is 0. The Kier molecular flexibility index (Phi) is 4.23. The van der Waals surface area contributed by atoms with Gasteiger partial charge < -0.3 is 4.57 Å². The third-order valence-electron chi connectivity index (χ3n) is 3.07. The summed E-state index contributed by atoms with van der Waals surface area (Å²) in [5.74, 6) is 0. The Morgan fingerprint density at radius 1 is 0.952 bits per heavy atom. The van der Waals surface area contributed by atoms with Crippen molar-refractivity contribution >= 4 is 39.4 Å². The molecule has 21 heavy (non-hydrogen) atoms. The van der Waals surface area contributed by atoms with E-state index < -0.39 is 0 Å². The number of aliphatic imine (C=N–C) groups is 1. The first kappa shape index (κ1) is 14.1. The normalized spacial score (nSPS) is 11.1. The highest BCUT2D eigenvalue weighted by atomic mass is 79.9. The molecule has 0 amide bonds. The third-order valence-corrected chi connectivity index (χ3v) is 3.92. The average Bonchev–Trinajstić information content (AvgIpc) is 2.96. The van der Waals surface area contributed by atoms with Crippen LogP contribution in [0.1, 0.15) is 5.69 Å². The lowest BCUT2D eigenvalue weighted by Crippen LogP contribution is -1.97. The molecular weight excluding hydrogens is 348 g/mol. The highest BCUT2D eigenvalue weighted by Gasteiger charge is 2.02. The van der Waals surface area contributed by atoms with Crippen molar-refractivity contribution in [3.8, 4) is 5.69 Å². The Morgan fingerprint density at radius 2 is 1.71 bits per heavy atom. The van der Waals surface area contributed by atoms with Gasteiger partial charge in [-0.25, -0.2) is 0 Å². The Balaban J connectivity index is 1.93. The molecule has 0 unspecified atom stereocenters. The molecule has 2 nitrogen and oxygen atoms in total. The number of halogens is 2. The van der Waals surface area contributed by atoms with Crippen LogP contribution < -0.4 is 0 Å². The number of nitrogens with zero attached hydrogens (tertiary/aromatic N) is 2. The van der Waals surface area contributed by atoms with Gasteiger partial charge in [-0.1, -0.05) is 39.7 Å². The van der Waals surface area contributed by atoms with E-state index in [1.54, 1.807) is 0 Å². The summed E-state index contributed by atoms with van der Waals surface area (Å²) in [7, 11) is 0. The molecule has 2 aromatic carbocycles. The van der Waals surface area contributed by atoms with Crippen LogP contribution in [0.5, 0.6) is 0 Å². The zero-order chi connectivity index (χ0) is 14.7. The van der Waals surface area contributed by atoms with Gasteiger partial charge in [-0.15, -0.1) is 0 Å². The molecule has 0 radical (unpaired) electrons. The molecule has 0 fully saturated rings. The van der Waals surface area contributed by atoms with Gasteiger partial charge in [0.1, 0.15) is 0 Å². The average molecular weight is 360 g/mol. The van der Waals surface area contributed by atoms with Crippen molar-refractivity contribution in [3.63, 3.8) is 0 Å². The summed E-state index contributed by atoms with van der Waals surface area (Å²) in [6.45, 7) is 0. The summed E-state index contributed by atoms with van der Waals surface area (Å²) in [6, 6.07) is 19.7. The van der Waals surface area contributed by atoms with Crippen LogP contribution in [-0.4, -0.2) is 10.8 Å². The van der Waals surface area contributed by atoms with Crippen LogP contribution in [0, 0.1) is 0 Å². The summed E-state index contributed by atoms with van der Waals surface area (Å²) in [6.07, 6.45) is 3.83. The van der Waals surface area contributed by atoms with Crippen molar-refractivity contribution in [3.05, 3.63) is 82.0 Å². The molecule has 1 aromatic heterocycles. The van der Waals surface area contributed by atoms with E-state index >= 15 is 0 Å². The van der Waals surface area contributed by atoms with Crippen molar-refractivity contribution in [1.82, 2.24) is 4.57 Å². The maximum absolute atomic E-state index is 6.11.